The first-order chi connectivity index (χ1) is 18.4. The Labute approximate surface area is 224 Å². The zero-order valence-corrected chi connectivity index (χ0v) is 21.8. The van der Waals surface area contributed by atoms with E-state index in [-0.39, 0.29) is 49.3 Å². The first-order valence-corrected chi connectivity index (χ1v) is 12.3. The topological polar surface area (TPSA) is 124 Å². The number of hydrogen-bond donors (Lipinski definition) is 0. The number of aromatic nitrogens is 2. The second-order valence-corrected chi connectivity index (χ2v) is 8.74. The summed E-state index contributed by atoms with van der Waals surface area (Å²) in [6, 6.07) is 11.8. The molecule has 0 atom stereocenters. The normalized spacial score (nSPS) is 13.2. The van der Waals surface area contributed by atoms with Gasteiger partial charge in [0.2, 0.25) is 17.7 Å². The summed E-state index contributed by atoms with van der Waals surface area (Å²) in [6.45, 7) is 2.24. The minimum absolute atomic E-state index is 0.0996. The van der Waals surface area contributed by atoms with Crippen LogP contribution in [0.5, 0.6) is 5.75 Å². The van der Waals surface area contributed by atoms with E-state index in [9.17, 15) is 14.4 Å². The van der Waals surface area contributed by atoms with Gasteiger partial charge in [-0.05, 0) is 36.8 Å². The Bertz CT molecular complexity index is 1310. The average Bonchev–Trinajstić information content (AvgIpc) is 3.30. The third-order valence-electron chi connectivity index (χ3n) is 5.72. The Morgan fingerprint density at radius 2 is 1.89 bits per heavy atom. The van der Waals surface area contributed by atoms with E-state index in [0.717, 1.165) is 5.56 Å². The molecular weight excluding hydrogens is 516 g/mol. The van der Waals surface area contributed by atoms with Crippen LogP contribution >= 0.6 is 11.6 Å². The molecule has 12 heteroatoms. The second-order valence-electron chi connectivity index (χ2n) is 8.34. The molecule has 0 unspecified atom stereocenters. The molecule has 0 saturated carbocycles. The predicted octanol–water partition coefficient (Wildman–Crippen LogP) is 3.04. The number of amides is 2. The van der Waals surface area contributed by atoms with Crippen LogP contribution in [0, 0.1) is 0 Å². The molecule has 0 bridgehead atoms. The molecule has 1 aliphatic heterocycles. The lowest BCUT2D eigenvalue weighted by Crippen LogP contribution is -2.40. The predicted molar refractivity (Wildman–Crippen MR) is 136 cm³/mol. The minimum atomic E-state index is -0.514. The van der Waals surface area contributed by atoms with Gasteiger partial charge in [0.25, 0.3) is 5.91 Å². The van der Waals surface area contributed by atoms with Gasteiger partial charge in [0.1, 0.15) is 12.3 Å². The van der Waals surface area contributed by atoms with E-state index < -0.39 is 11.9 Å². The molecule has 2 amide bonds. The van der Waals surface area contributed by atoms with Crippen LogP contribution in [0.3, 0.4) is 0 Å². The van der Waals surface area contributed by atoms with Crippen molar-refractivity contribution in [3.05, 3.63) is 70.4 Å². The number of benzene rings is 2. The van der Waals surface area contributed by atoms with Crippen molar-refractivity contribution < 1.29 is 33.0 Å². The number of anilines is 1. The summed E-state index contributed by atoms with van der Waals surface area (Å²) in [5, 5.41) is 8.15. The van der Waals surface area contributed by atoms with Crippen molar-refractivity contribution in [2.75, 3.05) is 38.4 Å². The lowest BCUT2D eigenvalue weighted by atomic mass is 10.1. The zero-order valence-electron chi connectivity index (χ0n) is 21.0. The minimum Gasteiger partial charge on any atom is -0.482 e. The standard InChI is InChI=1S/C26H27ClN4O7/c1-3-36-25(33)16-37-18-8-9-19(20(27)12-18)26(34)31-15-24(32)30(13-17-6-4-5-7-21(17)31)14-23-29-28-22(38-23)10-11-35-2/h4-9,12H,3,10-11,13-16H2,1-2H3. The van der Waals surface area contributed by atoms with Crippen LogP contribution in [0.4, 0.5) is 5.69 Å². The molecule has 1 aliphatic rings. The van der Waals surface area contributed by atoms with Crippen molar-refractivity contribution in [3.63, 3.8) is 0 Å². The highest BCUT2D eigenvalue weighted by atomic mass is 35.5. The molecule has 0 N–H and O–H groups in total. The maximum atomic E-state index is 13.6. The molecule has 0 aliphatic carbocycles. The highest BCUT2D eigenvalue weighted by molar-refractivity contribution is 6.34. The Balaban J connectivity index is 1.52. The number of hydrogen-bond acceptors (Lipinski definition) is 9. The zero-order chi connectivity index (χ0) is 27.1. The maximum Gasteiger partial charge on any atom is 0.344 e. The lowest BCUT2D eigenvalue weighted by Gasteiger charge is -2.23. The number of carbonyl (C=O) groups excluding carboxylic acids is 3. The highest BCUT2D eigenvalue weighted by Gasteiger charge is 2.31. The van der Waals surface area contributed by atoms with Gasteiger partial charge in [0, 0.05) is 25.8 Å². The van der Waals surface area contributed by atoms with E-state index in [1.807, 2.05) is 12.1 Å². The van der Waals surface area contributed by atoms with Crippen LogP contribution in [0.2, 0.25) is 5.02 Å². The summed E-state index contributed by atoms with van der Waals surface area (Å²) in [4.78, 5) is 41.4. The van der Waals surface area contributed by atoms with E-state index in [0.29, 0.717) is 36.2 Å². The van der Waals surface area contributed by atoms with E-state index in [1.165, 1.54) is 23.1 Å². The number of carbonyl (C=O) groups is 3. The molecular formula is C26H27ClN4O7. The van der Waals surface area contributed by atoms with Crippen molar-refractivity contribution >= 4 is 35.1 Å². The fraction of sp³-hybridized carbons (Fsp3) is 0.346. The van der Waals surface area contributed by atoms with Gasteiger partial charge in [0.15, 0.2) is 6.61 Å². The summed E-state index contributed by atoms with van der Waals surface area (Å²) in [5.41, 5.74) is 1.56. The number of ether oxygens (including phenoxy) is 3. The van der Waals surface area contributed by atoms with Crippen LogP contribution in [-0.4, -0.2) is 66.4 Å². The number of fused-ring (bicyclic) bond motifs is 1. The Kier molecular flexibility index (Phi) is 8.93. The summed E-state index contributed by atoms with van der Waals surface area (Å²) in [6.07, 6.45) is 0.468. The quantitative estimate of drug-likeness (QED) is 0.355. The molecule has 0 saturated heterocycles. The van der Waals surface area contributed by atoms with E-state index in [1.54, 1.807) is 31.1 Å². The van der Waals surface area contributed by atoms with Gasteiger partial charge in [-0.1, -0.05) is 29.8 Å². The molecule has 38 heavy (non-hydrogen) atoms. The van der Waals surface area contributed by atoms with Crippen molar-refractivity contribution in [2.24, 2.45) is 0 Å². The molecule has 0 spiro atoms. The lowest BCUT2D eigenvalue weighted by molar-refractivity contribution is -0.145. The van der Waals surface area contributed by atoms with Crippen LogP contribution in [-0.2, 0) is 38.6 Å². The molecule has 200 valence electrons. The summed E-state index contributed by atoms with van der Waals surface area (Å²) < 4.78 is 20.9. The molecule has 4 rings (SSSR count). The average molecular weight is 543 g/mol. The van der Waals surface area contributed by atoms with Crippen molar-refractivity contribution in [3.8, 4) is 5.75 Å². The SMILES string of the molecule is CCOC(=O)COc1ccc(C(=O)N2CC(=O)N(Cc3nnc(CCOC)o3)Cc3ccccc32)c(Cl)c1. The van der Waals surface area contributed by atoms with Gasteiger partial charge in [-0.25, -0.2) is 4.79 Å². The first-order valence-electron chi connectivity index (χ1n) is 11.9. The number of halogens is 1. The smallest absolute Gasteiger partial charge is 0.344 e. The van der Waals surface area contributed by atoms with Crippen LogP contribution in [0.15, 0.2) is 46.9 Å². The molecule has 3 aromatic rings. The third-order valence-corrected chi connectivity index (χ3v) is 6.04. The van der Waals surface area contributed by atoms with E-state index in [2.05, 4.69) is 10.2 Å². The third kappa shape index (κ3) is 6.48. The number of esters is 1. The first kappa shape index (κ1) is 27.1. The van der Waals surface area contributed by atoms with Crippen molar-refractivity contribution in [1.29, 1.82) is 0 Å². The van der Waals surface area contributed by atoms with E-state index >= 15 is 0 Å². The van der Waals surface area contributed by atoms with Gasteiger partial charge < -0.3 is 23.5 Å². The summed E-state index contributed by atoms with van der Waals surface area (Å²) >= 11 is 6.42. The molecule has 2 heterocycles. The molecule has 2 aromatic carbocycles. The number of para-hydroxylation sites is 1. The highest BCUT2D eigenvalue weighted by Crippen LogP contribution is 2.30. The maximum absolute atomic E-state index is 13.6. The number of nitrogens with zero attached hydrogens (tertiary/aromatic N) is 4. The van der Waals surface area contributed by atoms with Crippen molar-refractivity contribution in [2.45, 2.75) is 26.4 Å². The number of rotatable bonds is 10. The molecule has 0 radical (unpaired) electrons. The van der Waals surface area contributed by atoms with Gasteiger partial charge >= 0.3 is 5.97 Å². The Morgan fingerprint density at radius 1 is 1.11 bits per heavy atom. The van der Waals surface area contributed by atoms with Gasteiger partial charge in [0.05, 0.1) is 30.3 Å². The largest absolute Gasteiger partial charge is 0.482 e. The molecule has 0 fully saturated rings. The molecule has 1 aromatic heterocycles. The second kappa shape index (κ2) is 12.5. The summed E-state index contributed by atoms with van der Waals surface area (Å²) in [5.74, 6) is -0.234. The van der Waals surface area contributed by atoms with Gasteiger partial charge in [-0.3, -0.25) is 14.5 Å². The monoisotopic (exact) mass is 542 g/mol. The van der Waals surface area contributed by atoms with Crippen LogP contribution < -0.4 is 9.64 Å². The molecule has 11 nitrogen and oxygen atoms in total. The summed E-state index contributed by atoms with van der Waals surface area (Å²) in [7, 11) is 1.58. The Hall–Kier alpha value is -3.96. The van der Waals surface area contributed by atoms with E-state index in [4.69, 9.17) is 30.2 Å². The van der Waals surface area contributed by atoms with Crippen LogP contribution in [0.1, 0.15) is 34.6 Å². The van der Waals surface area contributed by atoms with Crippen molar-refractivity contribution in [1.82, 2.24) is 15.1 Å². The fourth-order valence-electron chi connectivity index (χ4n) is 3.90. The fourth-order valence-corrected chi connectivity index (χ4v) is 4.15. The van der Waals surface area contributed by atoms with Crippen LogP contribution in [0.25, 0.3) is 0 Å². The Morgan fingerprint density at radius 3 is 2.66 bits per heavy atom. The van der Waals surface area contributed by atoms with Gasteiger partial charge in [-0.15, -0.1) is 10.2 Å². The van der Waals surface area contributed by atoms with Gasteiger partial charge in [-0.2, -0.15) is 0 Å². The number of methoxy groups -OCH3 is 1.